The molecule has 3 rings (SSSR count). The van der Waals surface area contributed by atoms with Gasteiger partial charge in [-0.2, -0.15) is 0 Å². The number of carbonyl (C=O) groups is 1. The van der Waals surface area contributed by atoms with Crippen molar-refractivity contribution in [3.05, 3.63) is 24.0 Å². The average molecular weight is 305 g/mol. The van der Waals surface area contributed by atoms with Crippen LogP contribution < -0.4 is 10.4 Å². The molecule has 0 N–H and O–H groups in total. The number of anilines is 1. The van der Waals surface area contributed by atoms with Gasteiger partial charge in [-0.15, -0.1) is 0 Å². The van der Waals surface area contributed by atoms with Crippen molar-refractivity contribution in [1.82, 2.24) is 0 Å². The van der Waals surface area contributed by atoms with Crippen LogP contribution in [-0.2, 0) is 14.1 Å². The summed E-state index contributed by atoms with van der Waals surface area (Å²) in [7, 11) is -0.761. The van der Waals surface area contributed by atoms with Crippen LogP contribution in [0.4, 0.5) is 10.1 Å². The molecule has 0 bridgehead atoms. The molecule has 118 valence electrons. The zero-order chi connectivity index (χ0) is 16.1. The number of nitrogens with zero attached hydrogens (tertiary/aromatic N) is 1. The lowest BCUT2D eigenvalue weighted by Gasteiger charge is -2.32. The first-order valence-corrected chi connectivity index (χ1v) is 7.67. The number of halogens is 1. The van der Waals surface area contributed by atoms with Crippen LogP contribution in [0, 0.1) is 5.82 Å². The quantitative estimate of drug-likeness (QED) is 0.787. The molecule has 4 nitrogen and oxygen atoms in total. The zero-order valence-electron chi connectivity index (χ0n) is 13.5. The SMILES string of the molecule is CC1(C)OB(c2cc(N3CCCC3=O)ccc2F)OC1(C)C. The number of rotatable bonds is 2. The van der Waals surface area contributed by atoms with Crippen molar-refractivity contribution in [1.29, 1.82) is 0 Å². The minimum atomic E-state index is -0.761. The first kappa shape index (κ1) is 15.5. The molecule has 2 heterocycles. The molecule has 2 saturated heterocycles. The third kappa shape index (κ3) is 2.44. The Kier molecular flexibility index (Phi) is 3.57. The summed E-state index contributed by atoms with van der Waals surface area (Å²) >= 11 is 0. The fourth-order valence-electron chi connectivity index (χ4n) is 2.77. The zero-order valence-corrected chi connectivity index (χ0v) is 13.5. The summed E-state index contributed by atoms with van der Waals surface area (Å²) in [6, 6.07) is 4.68. The second-order valence-electron chi connectivity index (χ2n) is 6.94. The number of hydrogen-bond donors (Lipinski definition) is 0. The van der Waals surface area contributed by atoms with Gasteiger partial charge >= 0.3 is 7.12 Å². The standard InChI is InChI=1S/C16H21BFNO3/c1-15(2)16(3,4)22-17(21-15)12-10-11(7-8-13(12)18)19-9-5-6-14(19)20/h7-8,10H,5-6,9H2,1-4H3. The summed E-state index contributed by atoms with van der Waals surface area (Å²) in [6.45, 7) is 8.39. The van der Waals surface area contributed by atoms with E-state index in [9.17, 15) is 9.18 Å². The molecule has 0 atom stereocenters. The van der Waals surface area contributed by atoms with E-state index in [0.29, 0.717) is 24.1 Å². The molecule has 0 radical (unpaired) electrons. The molecule has 0 aromatic heterocycles. The van der Waals surface area contributed by atoms with Crippen LogP contribution in [-0.4, -0.2) is 30.8 Å². The lowest BCUT2D eigenvalue weighted by Crippen LogP contribution is -2.41. The van der Waals surface area contributed by atoms with Crippen LogP contribution >= 0.6 is 0 Å². The van der Waals surface area contributed by atoms with E-state index in [2.05, 4.69) is 0 Å². The van der Waals surface area contributed by atoms with Crippen molar-refractivity contribution < 1.29 is 18.5 Å². The molecule has 1 amide bonds. The topological polar surface area (TPSA) is 38.8 Å². The van der Waals surface area contributed by atoms with Gasteiger partial charge in [-0.1, -0.05) is 0 Å². The van der Waals surface area contributed by atoms with Crippen molar-refractivity contribution in [3.63, 3.8) is 0 Å². The van der Waals surface area contributed by atoms with Gasteiger partial charge in [0.25, 0.3) is 0 Å². The predicted octanol–water partition coefficient (Wildman–Crippen LogP) is 2.25. The Hall–Kier alpha value is -1.40. The van der Waals surface area contributed by atoms with Gasteiger partial charge in [0.05, 0.1) is 11.2 Å². The fraction of sp³-hybridized carbons (Fsp3) is 0.562. The van der Waals surface area contributed by atoms with E-state index in [1.165, 1.54) is 6.07 Å². The first-order valence-electron chi connectivity index (χ1n) is 7.67. The molecule has 2 fully saturated rings. The summed E-state index contributed by atoms with van der Waals surface area (Å²) in [5.74, 6) is -0.305. The second-order valence-corrected chi connectivity index (χ2v) is 6.94. The fourth-order valence-corrected chi connectivity index (χ4v) is 2.77. The molecule has 0 unspecified atom stereocenters. The van der Waals surface area contributed by atoms with Gasteiger partial charge in [0.1, 0.15) is 5.82 Å². The molecule has 0 spiro atoms. The van der Waals surface area contributed by atoms with Gasteiger partial charge in [-0.25, -0.2) is 4.39 Å². The molecule has 1 aromatic rings. The van der Waals surface area contributed by atoms with E-state index >= 15 is 0 Å². The van der Waals surface area contributed by atoms with E-state index in [4.69, 9.17) is 9.31 Å². The number of hydrogen-bond acceptors (Lipinski definition) is 3. The van der Waals surface area contributed by atoms with Crippen molar-refractivity contribution in [2.75, 3.05) is 11.4 Å². The first-order chi connectivity index (χ1) is 10.2. The maximum absolute atomic E-state index is 14.2. The largest absolute Gasteiger partial charge is 0.497 e. The lowest BCUT2D eigenvalue weighted by atomic mass is 9.78. The molecular formula is C16H21BFNO3. The van der Waals surface area contributed by atoms with Gasteiger partial charge < -0.3 is 14.2 Å². The Bertz CT molecular complexity index is 601. The van der Waals surface area contributed by atoms with Crippen LogP contribution in [0.25, 0.3) is 0 Å². The summed E-state index contributed by atoms with van der Waals surface area (Å²) < 4.78 is 26.1. The molecule has 2 aliphatic heterocycles. The number of benzene rings is 1. The normalized spacial score (nSPS) is 23.4. The van der Waals surface area contributed by atoms with Gasteiger partial charge in [-0.3, -0.25) is 4.79 Å². The summed E-state index contributed by atoms with van der Waals surface area (Å²) in [6.07, 6.45) is 1.38. The molecule has 0 saturated carbocycles. The Labute approximate surface area is 130 Å². The maximum Gasteiger partial charge on any atom is 0.497 e. The van der Waals surface area contributed by atoms with Crippen molar-refractivity contribution >= 4 is 24.2 Å². The minimum absolute atomic E-state index is 0.0754. The molecule has 6 heteroatoms. The maximum atomic E-state index is 14.2. The van der Waals surface area contributed by atoms with Crippen LogP contribution in [0.1, 0.15) is 40.5 Å². The van der Waals surface area contributed by atoms with E-state index in [-0.39, 0.29) is 11.7 Å². The summed E-state index contributed by atoms with van der Waals surface area (Å²) in [5, 5.41) is 0. The smallest absolute Gasteiger partial charge is 0.399 e. The molecule has 2 aliphatic rings. The van der Waals surface area contributed by atoms with Crippen molar-refractivity contribution in [2.45, 2.75) is 51.7 Å². The van der Waals surface area contributed by atoms with Crippen molar-refractivity contribution in [2.24, 2.45) is 0 Å². The highest BCUT2D eigenvalue weighted by Gasteiger charge is 2.52. The second kappa shape index (κ2) is 5.06. The molecule has 1 aromatic carbocycles. The molecule has 0 aliphatic carbocycles. The average Bonchev–Trinajstić information content (AvgIpc) is 2.92. The van der Waals surface area contributed by atoms with Gasteiger partial charge in [0.2, 0.25) is 5.91 Å². The van der Waals surface area contributed by atoms with Crippen LogP contribution in [0.3, 0.4) is 0 Å². The third-order valence-corrected chi connectivity index (χ3v) is 4.87. The monoisotopic (exact) mass is 305 g/mol. The van der Waals surface area contributed by atoms with Crippen LogP contribution in [0.15, 0.2) is 18.2 Å². The minimum Gasteiger partial charge on any atom is -0.399 e. The highest BCUT2D eigenvalue weighted by molar-refractivity contribution is 6.62. The Morgan fingerprint density at radius 2 is 1.82 bits per heavy atom. The van der Waals surface area contributed by atoms with Gasteiger partial charge in [0, 0.05) is 24.1 Å². The van der Waals surface area contributed by atoms with Crippen molar-refractivity contribution in [3.8, 4) is 0 Å². The van der Waals surface area contributed by atoms with E-state index in [1.54, 1.807) is 17.0 Å². The van der Waals surface area contributed by atoms with E-state index in [1.807, 2.05) is 27.7 Å². The van der Waals surface area contributed by atoms with E-state index < -0.39 is 18.3 Å². The third-order valence-electron chi connectivity index (χ3n) is 4.87. The summed E-state index contributed by atoms with van der Waals surface area (Å²) in [4.78, 5) is 13.6. The molecular weight excluding hydrogens is 284 g/mol. The Balaban J connectivity index is 1.93. The van der Waals surface area contributed by atoms with Crippen LogP contribution in [0.2, 0.25) is 0 Å². The van der Waals surface area contributed by atoms with E-state index in [0.717, 1.165) is 6.42 Å². The Morgan fingerprint density at radius 1 is 1.18 bits per heavy atom. The number of carbonyl (C=O) groups excluding carboxylic acids is 1. The Morgan fingerprint density at radius 3 is 2.36 bits per heavy atom. The van der Waals surface area contributed by atoms with Gasteiger partial charge in [-0.05, 0) is 52.3 Å². The molecule has 22 heavy (non-hydrogen) atoms. The van der Waals surface area contributed by atoms with Crippen LogP contribution in [0.5, 0.6) is 0 Å². The number of amides is 1. The summed E-state index contributed by atoms with van der Waals surface area (Å²) in [5.41, 5.74) is -0.00266. The van der Waals surface area contributed by atoms with Gasteiger partial charge in [0.15, 0.2) is 0 Å². The predicted molar refractivity (Wildman–Crippen MR) is 83.7 cm³/mol. The highest BCUT2D eigenvalue weighted by atomic mass is 19.1. The highest BCUT2D eigenvalue weighted by Crippen LogP contribution is 2.37. The lowest BCUT2D eigenvalue weighted by molar-refractivity contribution is -0.117.